The minimum atomic E-state index is -0.262. The van der Waals surface area contributed by atoms with Gasteiger partial charge in [0.2, 0.25) is 0 Å². The summed E-state index contributed by atoms with van der Waals surface area (Å²) in [5.41, 5.74) is 4.15. The van der Waals surface area contributed by atoms with Gasteiger partial charge >= 0.3 is 5.97 Å². The lowest BCUT2D eigenvalue weighted by Gasteiger charge is -2.17. The van der Waals surface area contributed by atoms with Crippen LogP contribution >= 0.6 is 0 Å². The van der Waals surface area contributed by atoms with Crippen LogP contribution in [0.4, 0.5) is 0 Å². The fraction of sp³-hybridized carbons (Fsp3) is 0.235. The molecule has 0 fully saturated rings. The highest BCUT2D eigenvalue weighted by Crippen LogP contribution is 2.17. The summed E-state index contributed by atoms with van der Waals surface area (Å²) in [6.07, 6.45) is 1.02. The largest absolute Gasteiger partial charge is 0.457 e. The van der Waals surface area contributed by atoms with Crippen LogP contribution in [0.1, 0.15) is 27.0 Å². The molecule has 0 aliphatic carbocycles. The Bertz CT molecular complexity index is 608. The van der Waals surface area contributed by atoms with Gasteiger partial charge in [-0.05, 0) is 41.8 Å². The number of nitrogens with one attached hydrogen (secondary N) is 1. The Labute approximate surface area is 118 Å². The number of carbonyl (C=O) groups excluding carboxylic acids is 1. The van der Waals surface area contributed by atoms with E-state index in [9.17, 15) is 4.79 Å². The van der Waals surface area contributed by atoms with Crippen LogP contribution in [-0.2, 0) is 24.3 Å². The molecule has 3 heteroatoms. The second-order valence-electron chi connectivity index (χ2n) is 4.97. The summed E-state index contributed by atoms with van der Waals surface area (Å²) < 4.78 is 5.35. The van der Waals surface area contributed by atoms with Crippen molar-refractivity contribution in [1.82, 2.24) is 5.32 Å². The second kappa shape index (κ2) is 5.88. The monoisotopic (exact) mass is 267 g/mol. The molecule has 0 spiro atoms. The van der Waals surface area contributed by atoms with Gasteiger partial charge in [-0.3, -0.25) is 0 Å². The van der Waals surface area contributed by atoms with Crippen molar-refractivity contribution in [3.8, 4) is 0 Å². The van der Waals surface area contributed by atoms with Crippen molar-refractivity contribution in [3.05, 3.63) is 70.8 Å². The van der Waals surface area contributed by atoms with Gasteiger partial charge in [0.1, 0.15) is 6.61 Å². The molecule has 1 aliphatic rings. The van der Waals surface area contributed by atoms with Gasteiger partial charge in [-0.1, -0.05) is 36.4 Å². The van der Waals surface area contributed by atoms with Crippen molar-refractivity contribution < 1.29 is 9.53 Å². The molecule has 20 heavy (non-hydrogen) atoms. The molecule has 0 aromatic heterocycles. The number of esters is 1. The molecule has 2 aromatic rings. The Morgan fingerprint density at radius 3 is 2.80 bits per heavy atom. The molecule has 0 amide bonds. The van der Waals surface area contributed by atoms with E-state index >= 15 is 0 Å². The van der Waals surface area contributed by atoms with Crippen LogP contribution in [-0.4, -0.2) is 12.5 Å². The van der Waals surface area contributed by atoms with E-state index in [2.05, 4.69) is 5.32 Å². The molecule has 0 radical (unpaired) electrons. The van der Waals surface area contributed by atoms with Crippen LogP contribution < -0.4 is 5.32 Å². The van der Waals surface area contributed by atoms with E-state index in [1.807, 2.05) is 48.5 Å². The molecule has 0 unspecified atom stereocenters. The van der Waals surface area contributed by atoms with E-state index in [1.165, 1.54) is 11.1 Å². The first kappa shape index (κ1) is 12.9. The Hall–Kier alpha value is -2.13. The Morgan fingerprint density at radius 1 is 1.10 bits per heavy atom. The van der Waals surface area contributed by atoms with Crippen molar-refractivity contribution in [1.29, 1.82) is 0 Å². The number of ether oxygens (including phenoxy) is 1. The molecular formula is C17H17NO2. The third kappa shape index (κ3) is 2.89. The molecule has 1 N–H and O–H groups in total. The molecule has 0 saturated carbocycles. The Morgan fingerprint density at radius 2 is 1.95 bits per heavy atom. The van der Waals surface area contributed by atoms with Gasteiger partial charge in [0.05, 0.1) is 5.56 Å². The van der Waals surface area contributed by atoms with E-state index in [0.29, 0.717) is 12.2 Å². The number of carbonyl (C=O) groups is 1. The van der Waals surface area contributed by atoms with Gasteiger partial charge < -0.3 is 10.1 Å². The van der Waals surface area contributed by atoms with Gasteiger partial charge in [0.15, 0.2) is 0 Å². The summed E-state index contributed by atoms with van der Waals surface area (Å²) in [6, 6.07) is 15.6. The normalized spacial score (nSPS) is 13.6. The molecule has 1 aliphatic heterocycles. The molecule has 3 rings (SSSR count). The smallest absolute Gasteiger partial charge is 0.338 e. The van der Waals surface area contributed by atoms with Gasteiger partial charge in [0.25, 0.3) is 0 Å². The minimum absolute atomic E-state index is 0.262. The van der Waals surface area contributed by atoms with E-state index in [-0.39, 0.29) is 5.97 Å². The molecule has 3 nitrogen and oxygen atoms in total. The van der Waals surface area contributed by atoms with Crippen LogP contribution in [0, 0.1) is 0 Å². The van der Waals surface area contributed by atoms with Gasteiger partial charge in [-0.25, -0.2) is 4.79 Å². The summed E-state index contributed by atoms with van der Waals surface area (Å²) in [6.45, 7) is 2.15. The van der Waals surface area contributed by atoms with E-state index < -0.39 is 0 Å². The zero-order valence-electron chi connectivity index (χ0n) is 11.3. The van der Waals surface area contributed by atoms with Crippen molar-refractivity contribution in [2.24, 2.45) is 0 Å². The molecule has 102 valence electrons. The van der Waals surface area contributed by atoms with Crippen molar-refractivity contribution in [3.63, 3.8) is 0 Å². The predicted octanol–water partition coefficient (Wildman–Crippen LogP) is 2.69. The van der Waals surface area contributed by atoms with Crippen molar-refractivity contribution in [2.45, 2.75) is 19.6 Å². The third-order valence-electron chi connectivity index (χ3n) is 3.54. The highest BCUT2D eigenvalue weighted by atomic mass is 16.5. The fourth-order valence-corrected chi connectivity index (χ4v) is 2.41. The van der Waals surface area contributed by atoms with Crippen molar-refractivity contribution >= 4 is 5.97 Å². The summed E-state index contributed by atoms with van der Waals surface area (Å²) in [5, 5.41) is 3.31. The molecule has 0 saturated heterocycles. The number of hydrogen-bond acceptors (Lipinski definition) is 3. The summed E-state index contributed by atoms with van der Waals surface area (Å²) in [4.78, 5) is 12.1. The fourth-order valence-electron chi connectivity index (χ4n) is 2.41. The van der Waals surface area contributed by atoms with Crippen LogP contribution in [0.2, 0.25) is 0 Å². The second-order valence-corrected chi connectivity index (χ2v) is 4.97. The highest BCUT2D eigenvalue weighted by molar-refractivity contribution is 5.89. The predicted molar refractivity (Wildman–Crippen MR) is 77.4 cm³/mol. The van der Waals surface area contributed by atoms with E-state index in [1.54, 1.807) is 0 Å². The number of hydrogen-bond donors (Lipinski definition) is 1. The topological polar surface area (TPSA) is 38.3 Å². The molecule has 2 aromatic carbocycles. The Balaban J connectivity index is 1.68. The minimum Gasteiger partial charge on any atom is -0.457 e. The third-order valence-corrected chi connectivity index (χ3v) is 3.54. The van der Waals surface area contributed by atoms with Gasteiger partial charge in [-0.2, -0.15) is 0 Å². The first-order valence-electron chi connectivity index (χ1n) is 6.86. The molecular weight excluding hydrogens is 250 g/mol. The summed E-state index contributed by atoms with van der Waals surface area (Å²) in [5.74, 6) is -0.262. The number of benzene rings is 2. The maximum Gasteiger partial charge on any atom is 0.338 e. The lowest BCUT2D eigenvalue weighted by molar-refractivity contribution is 0.0472. The average Bonchev–Trinajstić information content (AvgIpc) is 2.53. The first-order chi connectivity index (χ1) is 9.83. The highest BCUT2D eigenvalue weighted by Gasteiger charge is 2.13. The van der Waals surface area contributed by atoms with Crippen LogP contribution in [0.3, 0.4) is 0 Å². The Kier molecular flexibility index (Phi) is 3.79. The van der Waals surface area contributed by atoms with Gasteiger partial charge in [0, 0.05) is 6.54 Å². The molecule has 0 bridgehead atoms. The van der Waals surface area contributed by atoms with E-state index in [4.69, 9.17) is 4.74 Å². The number of rotatable bonds is 3. The SMILES string of the molecule is O=C(OCc1ccccc1)c1ccc2c(c1)CNCC2. The quantitative estimate of drug-likeness (QED) is 0.869. The van der Waals surface area contributed by atoms with Gasteiger partial charge in [-0.15, -0.1) is 0 Å². The maximum absolute atomic E-state index is 12.1. The van der Waals surface area contributed by atoms with Crippen LogP contribution in [0.5, 0.6) is 0 Å². The maximum atomic E-state index is 12.1. The van der Waals surface area contributed by atoms with Crippen LogP contribution in [0.15, 0.2) is 48.5 Å². The molecule has 1 heterocycles. The molecule has 0 atom stereocenters. The zero-order chi connectivity index (χ0) is 13.8. The van der Waals surface area contributed by atoms with E-state index in [0.717, 1.165) is 25.1 Å². The summed E-state index contributed by atoms with van der Waals surface area (Å²) >= 11 is 0. The standard InChI is InChI=1S/C17H17NO2/c19-17(20-12-13-4-2-1-3-5-13)15-7-6-14-8-9-18-11-16(14)10-15/h1-7,10,18H,8-9,11-12H2. The average molecular weight is 267 g/mol. The lowest BCUT2D eigenvalue weighted by atomic mass is 9.99. The van der Waals surface area contributed by atoms with Crippen molar-refractivity contribution in [2.75, 3.05) is 6.54 Å². The lowest BCUT2D eigenvalue weighted by Crippen LogP contribution is -2.24. The number of fused-ring (bicyclic) bond motifs is 1. The summed E-state index contributed by atoms with van der Waals surface area (Å²) in [7, 11) is 0. The zero-order valence-corrected chi connectivity index (χ0v) is 11.3. The first-order valence-corrected chi connectivity index (χ1v) is 6.86. The van der Waals surface area contributed by atoms with Crippen LogP contribution in [0.25, 0.3) is 0 Å².